The number of hydrogen-bond donors (Lipinski definition) is 2. The Morgan fingerprint density at radius 1 is 1.29 bits per heavy atom. The van der Waals surface area contributed by atoms with E-state index in [0.29, 0.717) is 0 Å². The summed E-state index contributed by atoms with van der Waals surface area (Å²) in [6.07, 6.45) is -1.79. The van der Waals surface area contributed by atoms with E-state index < -0.39 is 17.6 Å². The minimum absolute atomic E-state index is 0. The molecule has 0 unspecified atom stereocenters. The Hall–Kier alpha value is -1.53. The lowest BCUT2D eigenvalue weighted by Gasteiger charge is -2.16. The Balaban J connectivity index is 0.00000220. The van der Waals surface area contributed by atoms with Crippen molar-refractivity contribution < 1.29 is 18.0 Å². The molecule has 1 aliphatic rings. The summed E-state index contributed by atoms with van der Waals surface area (Å²) < 4.78 is 38.4. The molecule has 0 fully saturated rings. The van der Waals surface area contributed by atoms with Gasteiger partial charge in [0.2, 0.25) is 0 Å². The summed E-state index contributed by atoms with van der Waals surface area (Å²) in [4.78, 5) is 11.9. The van der Waals surface area contributed by atoms with Crippen LogP contribution in [0.25, 0.3) is 0 Å². The van der Waals surface area contributed by atoms with Crippen LogP contribution in [0.15, 0.2) is 35.9 Å². The third-order valence-electron chi connectivity index (χ3n) is 3.11. The number of halogens is 4. The molecule has 0 saturated carbocycles. The number of alkyl halides is 3. The minimum atomic E-state index is -4.53. The fraction of sp³-hybridized carbons (Fsp3) is 0.357. The normalized spacial score (nSPS) is 14.9. The van der Waals surface area contributed by atoms with Crippen molar-refractivity contribution in [3.8, 4) is 0 Å². The maximum atomic E-state index is 12.8. The summed E-state index contributed by atoms with van der Waals surface area (Å²) in [5.41, 5.74) is -0.215. The molecule has 1 aromatic carbocycles. The summed E-state index contributed by atoms with van der Waals surface area (Å²) in [5.74, 6) is -0.697. The van der Waals surface area contributed by atoms with Crippen LogP contribution in [0.2, 0.25) is 0 Å². The van der Waals surface area contributed by atoms with Crippen molar-refractivity contribution in [3.63, 3.8) is 0 Å². The molecule has 2 rings (SSSR count). The molecule has 1 aliphatic heterocycles. The van der Waals surface area contributed by atoms with Gasteiger partial charge in [0.15, 0.2) is 0 Å². The number of benzene rings is 1. The van der Waals surface area contributed by atoms with Crippen LogP contribution in [0.1, 0.15) is 22.3 Å². The third kappa shape index (κ3) is 4.75. The summed E-state index contributed by atoms with van der Waals surface area (Å²) >= 11 is 0. The maximum Gasteiger partial charge on any atom is 0.417 e. The van der Waals surface area contributed by atoms with E-state index in [-0.39, 0.29) is 24.5 Å². The summed E-state index contributed by atoms with van der Waals surface area (Å²) in [5, 5.41) is 5.67. The fourth-order valence-corrected chi connectivity index (χ4v) is 2.05. The van der Waals surface area contributed by atoms with Crippen molar-refractivity contribution in [1.29, 1.82) is 0 Å². The van der Waals surface area contributed by atoms with Gasteiger partial charge < -0.3 is 10.6 Å². The molecule has 0 spiro atoms. The molecular weight excluding hydrogens is 305 g/mol. The highest BCUT2D eigenvalue weighted by molar-refractivity contribution is 5.96. The first-order chi connectivity index (χ1) is 9.48. The van der Waals surface area contributed by atoms with Gasteiger partial charge in [0.1, 0.15) is 0 Å². The Morgan fingerprint density at radius 2 is 2.00 bits per heavy atom. The molecular formula is C14H16ClF3N2O. The van der Waals surface area contributed by atoms with E-state index >= 15 is 0 Å². The van der Waals surface area contributed by atoms with Crippen LogP contribution in [-0.4, -0.2) is 25.5 Å². The van der Waals surface area contributed by atoms with E-state index in [1.807, 2.05) is 6.08 Å². The Kier molecular flexibility index (Phi) is 6.23. The molecule has 21 heavy (non-hydrogen) atoms. The molecule has 0 aromatic heterocycles. The first kappa shape index (κ1) is 17.5. The van der Waals surface area contributed by atoms with Crippen LogP contribution in [0.3, 0.4) is 0 Å². The van der Waals surface area contributed by atoms with Crippen LogP contribution in [0.5, 0.6) is 0 Å². The van der Waals surface area contributed by atoms with Gasteiger partial charge in [0.05, 0.1) is 11.1 Å². The molecule has 1 heterocycles. The van der Waals surface area contributed by atoms with Crippen LogP contribution in [0.4, 0.5) is 13.2 Å². The van der Waals surface area contributed by atoms with Crippen molar-refractivity contribution in [2.75, 3.05) is 19.6 Å². The third-order valence-corrected chi connectivity index (χ3v) is 3.11. The molecule has 1 aromatic rings. The maximum absolute atomic E-state index is 12.8. The number of amides is 1. The number of nitrogens with one attached hydrogen (secondary N) is 2. The van der Waals surface area contributed by atoms with Crippen LogP contribution in [-0.2, 0) is 6.18 Å². The lowest BCUT2D eigenvalue weighted by atomic mass is 10.1. The van der Waals surface area contributed by atoms with E-state index in [9.17, 15) is 18.0 Å². The van der Waals surface area contributed by atoms with Gasteiger partial charge in [-0.25, -0.2) is 0 Å². The second-order valence-corrected chi connectivity index (χ2v) is 4.54. The number of carbonyl (C=O) groups excluding carboxylic acids is 1. The molecule has 3 nitrogen and oxygen atoms in total. The molecule has 116 valence electrons. The van der Waals surface area contributed by atoms with Gasteiger partial charge in [0, 0.05) is 13.1 Å². The van der Waals surface area contributed by atoms with Gasteiger partial charge in [-0.1, -0.05) is 23.8 Å². The zero-order chi connectivity index (χ0) is 14.6. The summed E-state index contributed by atoms with van der Waals surface area (Å²) in [6.45, 7) is 1.83. The first-order valence-electron chi connectivity index (χ1n) is 6.31. The summed E-state index contributed by atoms with van der Waals surface area (Å²) in [7, 11) is 0. The van der Waals surface area contributed by atoms with Crippen molar-refractivity contribution in [2.45, 2.75) is 12.6 Å². The number of carbonyl (C=O) groups is 1. The Morgan fingerprint density at radius 3 is 2.62 bits per heavy atom. The highest BCUT2D eigenvalue weighted by atomic mass is 35.5. The van der Waals surface area contributed by atoms with Gasteiger partial charge in [-0.15, -0.1) is 12.4 Å². The van der Waals surface area contributed by atoms with Gasteiger partial charge in [0.25, 0.3) is 5.91 Å². The number of hydrogen-bond acceptors (Lipinski definition) is 2. The molecule has 0 atom stereocenters. The standard InChI is InChI=1S/C14H15F3N2O.ClH/c15-14(16,17)12-4-2-1-3-11(12)13(20)19-9-10-5-7-18-8-6-10;/h1-5,18H,6-9H2,(H,19,20);1H. The molecule has 0 bridgehead atoms. The van der Waals surface area contributed by atoms with Crippen LogP contribution in [0, 0.1) is 0 Å². The van der Waals surface area contributed by atoms with Crippen molar-refractivity contribution in [2.24, 2.45) is 0 Å². The lowest BCUT2D eigenvalue weighted by Crippen LogP contribution is -2.30. The molecule has 0 radical (unpaired) electrons. The average Bonchev–Trinajstić information content (AvgIpc) is 2.45. The predicted molar refractivity (Wildman–Crippen MR) is 76.6 cm³/mol. The van der Waals surface area contributed by atoms with Gasteiger partial charge in [-0.05, 0) is 25.1 Å². The van der Waals surface area contributed by atoms with E-state index in [4.69, 9.17) is 0 Å². The second-order valence-electron chi connectivity index (χ2n) is 4.54. The van der Waals surface area contributed by atoms with Crippen molar-refractivity contribution in [1.82, 2.24) is 10.6 Å². The zero-order valence-electron chi connectivity index (χ0n) is 11.2. The first-order valence-corrected chi connectivity index (χ1v) is 6.31. The van der Waals surface area contributed by atoms with Gasteiger partial charge >= 0.3 is 6.18 Å². The number of rotatable bonds is 3. The quantitative estimate of drug-likeness (QED) is 0.841. The predicted octanol–water partition coefficient (Wildman–Crippen LogP) is 2.78. The zero-order valence-corrected chi connectivity index (χ0v) is 12.0. The molecule has 7 heteroatoms. The molecule has 0 aliphatic carbocycles. The van der Waals surface area contributed by atoms with Gasteiger partial charge in [-0.3, -0.25) is 4.79 Å². The largest absolute Gasteiger partial charge is 0.417 e. The SMILES string of the molecule is Cl.O=C(NCC1=CCNCC1)c1ccccc1C(F)(F)F. The van der Waals surface area contributed by atoms with E-state index in [1.54, 1.807) is 0 Å². The smallest absolute Gasteiger partial charge is 0.348 e. The topological polar surface area (TPSA) is 41.1 Å². The van der Waals surface area contributed by atoms with Crippen molar-refractivity contribution >= 4 is 18.3 Å². The van der Waals surface area contributed by atoms with E-state index in [2.05, 4.69) is 10.6 Å². The van der Waals surface area contributed by atoms with Crippen molar-refractivity contribution in [3.05, 3.63) is 47.0 Å². The molecule has 1 amide bonds. The minimum Gasteiger partial charge on any atom is -0.348 e. The molecule has 0 saturated heterocycles. The second kappa shape index (κ2) is 7.47. The Labute approximate surface area is 127 Å². The molecule has 2 N–H and O–H groups in total. The lowest BCUT2D eigenvalue weighted by molar-refractivity contribution is -0.137. The van der Waals surface area contributed by atoms with Crippen LogP contribution >= 0.6 is 12.4 Å². The highest BCUT2D eigenvalue weighted by Crippen LogP contribution is 2.31. The van der Waals surface area contributed by atoms with E-state index in [1.165, 1.54) is 18.2 Å². The van der Waals surface area contributed by atoms with E-state index in [0.717, 1.165) is 31.1 Å². The monoisotopic (exact) mass is 320 g/mol. The van der Waals surface area contributed by atoms with Gasteiger partial charge in [-0.2, -0.15) is 13.2 Å². The highest BCUT2D eigenvalue weighted by Gasteiger charge is 2.34. The van der Waals surface area contributed by atoms with Crippen LogP contribution < -0.4 is 10.6 Å². The average molecular weight is 321 g/mol. The Bertz CT molecular complexity index is 529. The fourth-order valence-electron chi connectivity index (χ4n) is 2.05. The summed E-state index contributed by atoms with van der Waals surface area (Å²) in [6, 6.07) is 4.80.